The summed E-state index contributed by atoms with van der Waals surface area (Å²) in [6, 6.07) is 24.3. The van der Waals surface area contributed by atoms with Gasteiger partial charge in [0.1, 0.15) is 11.6 Å². The van der Waals surface area contributed by atoms with Gasteiger partial charge >= 0.3 is 0 Å². The van der Waals surface area contributed by atoms with Crippen LogP contribution in [0, 0.1) is 5.82 Å². The van der Waals surface area contributed by atoms with E-state index in [1.165, 1.54) is 17.7 Å². The maximum atomic E-state index is 14.1. The second kappa shape index (κ2) is 9.39. The van der Waals surface area contributed by atoms with E-state index in [9.17, 15) is 9.18 Å². The number of carbonyl (C=O) groups is 1. The molecule has 2 fully saturated rings. The van der Waals surface area contributed by atoms with Crippen LogP contribution in [0.5, 0.6) is 5.75 Å². The Morgan fingerprint density at radius 1 is 0.971 bits per heavy atom. The first-order valence-corrected chi connectivity index (χ1v) is 11.6. The highest BCUT2D eigenvalue weighted by Gasteiger charge is 2.52. The van der Waals surface area contributed by atoms with Crippen molar-refractivity contribution in [2.75, 3.05) is 25.1 Å². The van der Waals surface area contributed by atoms with Gasteiger partial charge < -0.3 is 9.64 Å². The molecule has 2 heterocycles. The number of nitrogens with zero attached hydrogens (tertiary/aromatic N) is 3. The number of hydrogen-bond donors (Lipinski definition) is 0. The molecule has 1 spiro atoms. The summed E-state index contributed by atoms with van der Waals surface area (Å²) in [7, 11) is 1.63. The highest BCUT2D eigenvalue weighted by molar-refractivity contribution is 6.22. The molecule has 0 aliphatic carbocycles. The second-order valence-corrected chi connectivity index (χ2v) is 8.94. The lowest BCUT2D eigenvalue weighted by Crippen LogP contribution is -2.56. The van der Waals surface area contributed by atoms with Gasteiger partial charge in [-0.1, -0.05) is 36.4 Å². The molecule has 34 heavy (non-hydrogen) atoms. The summed E-state index contributed by atoms with van der Waals surface area (Å²) in [5, 5.41) is 0. The molecule has 0 bridgehead atoms. The maximum Gasteiger partial charge on any atom is 0.233 e. The first-order valence-electron chi connectivity index (χ1n) is 11.6. The van der Waals surface area contributed by atoms with Crippen LogP contribution in [0.4, 0.5) is 15.8 Å². The topological polar surface area (TPSA) is 45.1 Å². The number of aliphatic imine (C=N–C) groups is 1. The highest BCUT2D eigenvalue weighted by atomic mass is 19.1. The predicted octanol–water partition coefficient (Wildman–Crippen LogP) is 5.38. The molecule has 6 heteroatoms. The van der Waals surface area contributed by atoms with Crippen molar-refractivity contribution in [1.82, 2.24) is 4.90 Å². The Morgan fingerprint density at radius 3 is 2.38 bits per heavy atom. The van der Waals surface area contributed by atoms with Gasteiger partial charge in [0.15, 0.2) is 0 Å². The molecule has 2 aliphatic rings. The molecule has 0 atom stereocenters. The van der Waals surface area contributed by atoms with Crippen LogP contribution in [0.2, 0.25) is 0 Å². The van der Waals surface area contributed by atoms with E-state index in [-0.39, 0.29) is 18.1 Å². The predicted molar refractivity (Wildman–Crippen MR) is 132 cm³/mol. The van der Waals surface area contributed by atoms with Crippen molar-refractivity contribution in [3.05, 3.63) is 90.2 Å². The van der Waals surface area contributed by atoms with Gasteiger partial charge in [0.2, 0.25) is 5.91 Å². The molecule has 0 radical (unpaired) electrons. The monoisotopic (exact) mass is 457 g/mol. The second-order valence-electron chi connectivity index (χ2n) is 8.94. The summed E-state index contributed by atoms with van der Waals surface area (Å²) in [5.41, 5.74) is 2.96. The Labute approximate surface area is 199 Å². The Hall–Kier alpha value is -3.51. The molecular formula is C28H28FN3O2. The van der Waals surface area contributed by atoms with Crippen LogP contribution < -0.4 is 9.64 Å². The lowest BCUT2D eigenvalue weighted by atomic mass is 9.82. The average Bonchev–Trinajstić information content (AvgIpc) is 3.12. The Balaban J connectivity index is 1.48. The summed E-state index contributed by atoms with van der Waals surface area (Å²) >= 11 is 0. The van der Waals surface area contributed by atoms with Gasteiger partial charge in [0.25, 0.3) is 0 Å². The van der Waals surface area contributed by atoms with Gasteiger partial charge in [-0.2, -0.15) is 0 Å². The number of carbonyl (C=O) groups excluding carboxylic acids is 1. The third-order valence-corrected chi connectivity index (χ3v) is 6.87. The number of hydrogen-bond acceptors (Lipinski definition) is 4. The molecule has 5 nitrogen and oxygen atoms in total. The van der Waals surface area contributed by atoms with E-state index in [2.05, 4.69) is 29.2 Å². The van der Waals surface area contributed by atoms with Crippen LogP contribution in [0.3, 0.4) is 0 Å². The minimum Gasteiger partial charge on any atom is -0.497 e. The third-order valence-electron chi connectivity index (χ3n) is 6.87. The molecule has 3 aromatic carbocycles. The number of amides is 1. The first-order chi connectivity index (χ1) is 16.6. The number of halogens is 1. The van der Waals surface area contributed by atoms with Gasteiger partial charge in [-0.25, -0.2) is 4.39 Å². The standard InChI is InChI=1S/C28H28FN3O2/c1-34-25-12-10-23(11-13-25)30-26-19-27(33)32(24-9-5-8-22(29)18-24)28(26)14-16-31(17-15-28)20-21-6-3-2-4-7-21/h2-13,18H,14-17,19-20H2,1H3. The SMILES string of the molecule is COc1ccc(N=C2CC(=O)N(c3cccc(F)c3)C23CCN(Cc2ccccc2)CC3)cc1. The van der Waals surface area contributed by atoms with Crippen molar-refractivity contribution in [1.29, 1.82) is 0 Å². The highest BCUT2D eigenvalue weighted by Crippen LogP contribution is 2.42. The fourth-order valence-corrected chi connectivity index (χ4v) is 5.15. The number of ether oxygens (including phenoxy) is 1. The molecule has 2 saturated heterocycles. The van der Waals surface area contributed by atoms with Gasteiger partial charge in [0.05, 0.1) is 30.5 Å². The molecule has 0 unspecified atom stereocenters. The normalized spacial score (nSPS) is 19.2. The molecule has 2 aliphatic heterocycles. The number of likely N-dealkylation sites (tertiary alicyclic amines) is 1. The van der Waals surface area contributed by atoms with Gasteiger partial charge in [-0.05, 0) is 60.9 Å². The van der Waals surface area contributed by atoms with Crippen LogP contribution in [0.25, 0.3) is 0 Å². The quantitative estimate of drug-likeness (QED) is 0.517. The molecule has 5 rings (SSSR count). The molecule has 1 amide bonds. The zero-order chi connectivity index (χ0) is 23.5. The van der Waals surface area contributed by atoms with E-state index in [1.54, 1.807) is 18.1 Å². The number of anilines is 1. The molecule has 0 N–H and O–H groups in total. The van der Waals surface area contributed by atoms with Gasteiger partial charge in [-0.15, -0.1) is 0 Å². The first kappa shape index (κ1) is 22.3. The zero-order valence-electron chi connectivity index (χ0n) is 19.3. The van der Waals surface area contributed by atoms with E-state index in [0.29, 0.717) is 5.69 Å². The fraction of sp³-hybridized carbons (Fsp3) is 0.286. The zero-order valence-corrected chi connectivity index (χ0v) is 19.3. The van der Waals surface area contributed by atoms with E-state index >= 15 is 0 Å². The average molecular weight is 458 g/mol. The lowest BCUT2D eigenvalue weighted by molar-refractivity contribution is -0.117. The summed E-state index contributed by atoms with van der Waals surface area (Å²) in [4.78, 5) is 22.5. The molecule has 3 aromatic rings. The van der Waals surface area contributed by atoms with Crippen molar-refractivity contribution >= 4 is 23.0 Å². The minimum absolute atomic E-state index is 0.0330. The third kappa shape index (κ3) is 4.33. The van der Waals surface area contributed by atoms with Crippen LogP contribution in [0.15, 0.2) is 83.9 Å². The van der Waals surface area contributed by atoms with Crippen molar-refractivity contribution < 1.29 is 13.9 Å². The van der Waals surface area contributed by atoms with Crippen molar-refractivity contribution in [2.24, 2.45) is 4.99 Å². The molecule has 0 aromatic heterocycles. The Morgan fingerprint density at radius 2 is 1.71 bits per heavy atom. The van der Waals surface area contributed by atoms with Crippen LogP contribution in [-0.4, -0.2) is 42.3 Å². The number of methoxy groups -OCH3 is 1. The van der Waals surface area contributed by atoms with E-state index in [0.717, 1.165) is 49.6 Å². The number of piperidine rings is 1. The van der Waals surface area contributed by atoms with E-state index < -0.39 is 5.54 Å². The van der Waals surface area contributed by atoms with E-state index in [4.69, 9.17) is 9.73 Å². The van der Waals surface area contributed by atoms with Gasteiger partial charge in [-0.3, -0.25) is 14.7 Å². The van der Waals surface area contributed by atoms with Crippen molar-refractivity contribution in [3.63, 3.8) is 0 Å². The number of benzene rings is 3. The Bertz CT molecular complexity index is 1190. The van der Waals surface area contributed by atoms with Crippen LogP contribution >= 0.6 is 0 Å². The van der Waals surface area contributed by atoms with Gasteiger partial charge in [0, 0.05) is 25.3 Å². The molecule has 174 valence electrons. The van der Waals surface area contributed by atoms with Crippen molar-refractivity contribution in [2.45, 2.75) is 31.3 Å². The fourth-order valence-electron chi connectivity index (χ4n) is 5.15. The molecule has 0 saturated carbocycles. The van der Waals surface area contributed by atoms with Crippen molar-refractivity contribution in [3.8, 4) is 5.75 Å². The van der Waals surface area contributed by atoms with Crippen LogP contribution in [-0.2, 0) is 11.3 Å². The lowest BCUT2D eigenvalue weighted by Gasteiger charge is -2.45. The minimum atomic E-state index is -0.558. The van der Waals surface area contributed by atoms with Crippen LogP contribution in [0.1, 0.15) is 24.8 Å². The number of rotatable bonds is 5. The maximum absolute atomic E-state index is 14.1. The summed E-state index contributed by atoms with van der Waals surface area (Å²) in [6.45, 7) is 2.53. The summed E-state index contributed by atoms with van der Waals surface area (Å²) in [5.74, 6) is 0.383. The molecular weight excluding hydrogens is 429 g/mol. The summed E-state index contributed by atoms with van der Waals surface area (Å²) in [6.07, 6.45) is 1.73. The van der Waals surface area contributed by atoms with E-state index in [1.807, 2.05) is 36.4 Å². The largest absolute Gasteiger partial charge is 0.497 e. The smallest absolute Gasteiger partial charge is 0.233 e. The summed E-state index contributed by atoms with van der Waals surface area (Å²) < 4.78 is 19.4. The Kier molecular flexibility index (Phi) is 6.16.